The number of aromatic nitrogens is 1. The number of halogens is 4. The summed E-state index contributed by atoms with van der Waals surface area (Å²) in [5.41, 5.74) is 0.761. The van der Waals surface area contributed by atoms with Crippen LogP contribution >= 0.6 is 11.6 Å². The van der Waals surface area contributed by atoms with Gasteiger partial charge in [-0.05, 0) is 60.2 Å². The number of benzene rings is 2. The lowest BCUT2D eigenvalue weighted by molar-refractivity contribution is -0.258. The number of rotatable bonds is 6. The van der Waals surface area contributed by atoms with Crippen LogP contribution in [-0.4, -0.2) is 51.2 Å². The lowest BCUT2D eigenvalue weighted by atomic mass is 9.93. The van der Waals surface area contributed by atoms with Crippen LogP contribution in [0, 0.1) is 0 Å². The van der Waals surface area contributed by atoms with Gasteiger partial charge < -0.3 is 5.11 Å². The Morgan fingerprint density at radius 3 is 2.14 bits per heavy atom. The number of aliphatic hydroxyl groups is 1. The molecule has 0 spiro atoms. The van der Waals surface area contributed by atoms with E-state index >= 15 is 0 Å². The molecule has 0 aliphatic carbocycles. The van der Waals surface area contributed by atoms with E-state index in [-0.39, 0.29) is 5.56 Å². The standard InChI is InChI=1S/C28H29ClF3N3O/c1-27(36,28(30,31)32)22-5-3-21(4-6-22)25-9-2-20(14-26(25)29)15-34-17-23-7-8-24(18-34)35(23)16-19-10-12-33-13-11-19/h2-6,9-14,23-24,36H,7-8,15-18H2,1H3. The van der Waals surface area contributed by atoms with Gasteiger partial charge in [0, 0.05) is 61.2 Å². The van der Waals surface area contributed by atoms with Gasteiger partial charge in [-0.1, -0.05) is 48.0 Å². The number of likely N-dealkylation sites (tertiary alicyclic amines) is 1. The van der Waals surface area contributed by atoms with E-state index in [0.717, 1.165) is 44.2 Å². The molecule has 5 rings (SSSR count). The van der Waals surface area contributed by atoms with Crippen molar-refractivity contribution < 1.29 is 18.3 Å². The van der Waals surface area contributed by atoms with Crippen molar-refractivity contribution in [3.05, 3.63) is 88.7 Å². The molecule has 2 saturated heterocycles. The van der Waals surface area contributed by atoms with Gasteiger partial charge in [-0.3, -0.25) is 14.8 Å². The van der Waals surface area contributed by atoms with Crippen molar-refractivity contribution in [3.63, 3.8) is 0 Å². The van der Waals surface area contributed by atoms with Crippen LogP contribution < -0.4 is 0 Å². The summed E-state index contributed by atoms with van der Waals surface area (Å²) in [6, 6.07) is 16.9. The number of hydrogen-bond donors (Lipinski definition) is 1. The first-order valence-electron chi connectivity index (χ1n) is 12.2. The number of alkyl halides is 3. The maximum absolute atomic E-state index is 13.1. The Bertz CT molecular complexity index is 1190. The summed E-state index contributed by atoms with van der Waals surface area (Å²) in [6.45, 7) is 4.56. The molecule has 0 saturated carbocycles. The second-order valence-electron chi connectivity index (χ2n) is 10.1. The van der Waals surface area contributed by atoms with Gasteiger partial charge in [0.05, 0.1) is 0 Å². The SMILES string of the molecule is CC(O)(c1ccc(-c2ccc(CN3CC4CCC(C3)N4Cc3ccncc3)cc2Cl)cc1)C(F)(F)F. The molecule has 2 bridgehead atoms. The van der Waals surface area contributed by atoms with Gasteiger partial charge >= 0.3 is 6.18 Å². The molecule has 4 nitrogen and oxygen atoms in total. The Kier molecular flexibility index (Phi) is 6.85. The topological polar surface area (TPSA) is 39.6 Å². The van der Waals surface area contributed by atoms with Gasteiger partial charge in [0.15, 0.2) is 5.60 Å². The molecule has 2 aromatic carbocycles. The molecule has 1 aromatic heterocycles. The van der Waals surface area contributed by atoms with Crippen LogP contribution in [0.1, 0.15) is 36.5 Å². The smallest absolute Gasteiger partial charge is 0.376 e. The van der Waals surface area contributed by atoms with E-state index < -0.39 is 11.8 Å². The average molecular weight is 516 g/mol. The van der Waals surface area contributed by atoms with Crippen molar-refractivity contribution in [1.82, 2.24) is 14.8 Å². The average Bonchev–Trinajstić information content (AvgIpc) is 3.06. The first-order valence-corrected chi connectivity index (χ1v) is 12.5. The van der Waals surface area contributed by atoms with Crippen LogP contribution in [0.4, 0.5) is 13.2 Å². The lowest BCUT2D eigenvalue weighted by Gasteiger charge is -2.41. The second kappa shape index (κ2) is 9.78. The Hall–Kier alpha value is -2.45. The maximum Gasteiger partial charge on any atom is 0.421 e. The highest BCUT2D eigenvalue weighted by Crippen LogP contribution is 2.39. The number of hydrogen-bond acceptors (Lipinski definition) is 4. The molecule has 0 radical (unpaired) electrons. The van der Waals surface area contributed by atoms with Gasteiger partial charge in [-0.15, -0.1) is 0 Å². The highest BCUT2D eigenvalue weighted by molar-refractivity contribution is 6.33. The van der Waals surface area contributed by atoms with Crippen molar-refractivity contribution in [2.75, 3.05) is 13.1 Å². The molecule has 2 aliphatic heterocycles. The van der Waals surface area contributed by atoms with Gasteiger partial charge in [0.1, 0.15) is 0 Å². The van der Waals surface area contributed by atoms with E-state index in [1.807, 2.05) is 30.6 Å². The largest absolute Gasteiger partial charge is 0.421 e. The summed E-state index contributed by atoms with van der Waals surface area (Å²) in [5.74, 6) is 0. The predicted molar refractivity (Wildman–Crippen MR) is 134 cm³/mol. The molecule has 1 N–H and O–H groups in total. The zero-order valence-corrected chi connectivity index (χ0v) is 20.8. The molecular formula is C28H29ClF3N3O. The minimum atomic E-state index is -4.75. The molecule has 3 aromatic rings. The number of fused-ring (bicyclic) bond motifs is 2. The summed E-state index contributed by atoms with van der Waals surface area (Å²) in [5, 5.41) is 10.5. The van der Waals surface area contributed by atoms with Crippen molar-refractivity contribution in [3.8, 4) is 11.1 Å². The van der Waals surface area contributed by atoms with E-state index in [4.69, 9.17) is 11.6 Å². The molecular weight excluding hydrogens is 487 g/mol. The van der Waals surface area contributed by atoms with Crippen molar-refractivity contribution in [2.24, 2.45) is 0 Å². The number of pyridine rings is 1. The summed E-state index contributed by atoms with van der Waals surface area (Å²) >= 11 is 6.61. The zero-order chi connectivity index (χ0) is 25.5. The molecule has 0 amide bonds. The van der Waals surface area contributed by atoms with Crippen LogP contribution in [0.5, 0.6) is 0 Å². The van der Waals surface area contributed by atoms with Gasteiger partial charge in [0.2, 0.25) is 0 Å². The fourth-order valence-corrected chi connectivity index (χ4v) is 5.76. The maximum atomic E-state index is 13.1. The Labute approximate surface area is 214 Å². The van der Waals surface area contributed by atoms with Crippen LogP contribution in [0.15, 0.2) is 67.0 Å². The Morgan fingerprint density at radius 1 is 0.917 bits per heavy atom. The molecule has 36 heavy (non-hydrogen) atoms. The molecule has 3 atom stereocenters. The Morgan fingerprint density at radius 2 is 1.56 bits per heavy atom. The highest BCUT2D eigenvalue weighted by atomic mass is 35.5. The first kappa shape index (κ1) is 25.2. The first-order chi connectivity index (χ1) is 17.1. The highest BCUT2D eigenvalue weighted by Gasteiger charge is 2.51. The number of nitrogens with zero attached hydrogens (tertiary/aromatic N) is 3. The van der Waals surface area contributed by atoms with Crippen molar-refractivity contribution >= 4 is 11.6 Å². The molecule has 3 heterocycles. The third kappa shape index (κ3) is 5.02. The van der Waals surface area contributed by atoms with Gasteiger partial charge in [-0.25, -0.2) is 0 Å². The normalized spacial score (nSPS) is 22.5. The van der Waals surface area contributed by atoms with Gasteiger partial charge in [0.25, 0.3) is 0 Å². The minimum absolute atomic E-state index is 0.204. The van der Waals surface area contributed by atoms with Crippen LogP contribution in [0.2, 0.25) is 5.02 Å². The van der Waals surface area contributed by atoms with E-state index in [0.29, 0.717) is 22.7 Å². The van der Waals surface area contributed by atoms with E-state index in [9.17, 15) is 18.3 Å². The molecule has 190 valence electrons. The van der Waals surface area contributed by atoms with E-state index in [1.54, 1.807) is 12.1 Å². The van der Waals surface area contributed by atoms with E-state index in [1.165, 1.54) is 30.5 Å². The molecule has 3 unspecified atom stereocenters. The van der Waals surface area contributed by atoms with Crippen molar-refractivity contribution in [1.29, 1.82) is 0 Å². The monoisotopic (exact) mass is 515 g/mol. The van der Waals surface area contributed by atoms with Crippen molar-refractivity contribution in [2.45, 2.75) is 56.7 Å². The minimum Gasteiger partial charge on any atom is -0.376 e. The summed E-state index contributed by atoms with van der Waals surface area (Å²) < 4.78 is 39.4. The predicted octanol–water partition coefficient (Wildman–Crippen LogP) is 6.02. The summed E-state index contributed by atoms with van der Waals surface area (Å²) in [4.78, 5) is 9.23. The molecule has 2 fully saturated rings. The van der Waals surface area contributed by atoms with E-state index in [2.05, 4.69) is 26.9 Å². The Balaban J connectivity index is 1.24. The summed E-state index contributed by atoms with van der Waals surface area (Å²) in [7, 11) is 0. The third-order valence-electron chi connectivity index (χ3n) is 7.57. The van der Waals surface area contributed by atoms with Crippen LogP contribution in [0.25, 0.3) is 11.1 Å². The quantitative estimate of drug-likeness (QED) is 0.436. The number of piperazine rings is 1. The molecule has 8 heteroatoms. The molecule has 2 aliphatic rings. The summed E-state index contributed by atoms with van der Waals surface area (Å²) in [6.07, 6.45) is 1.37. The fourth-order valence-electron chi connectivity index (χ4n) is 5.45. The second-order valence-corrected chi connectivity index (χ2v) is 10.5. The third-order valence-corrected chi connectivity index (χ3v) is 7.89. The lowest BCUT2D eigenvalue weighted by Crippen LogP contribution is -2.52. The fraction of sp³-hybridized carbons (Fsp3) is 0.393. The van der Waals surface area contributed by atoms with Crippen LogP contribution in [0.3, 0.4) is 0 Å². The van der Waals surface area contributed by atoms with Crippen LogP contribution in [-0.2, 0) is 18.7 Å². The zero-order valence-electron chi connectivity index (χ0n) is 20.0. The van der Waals surface area contributed by atoms with Gasteiger partial charge in [-0.2, -0.15) is 13.2 Å².